The molecular formula is C11H8S. The lowest BCUT2D eigenvalue weighted by Gasteiger charge is -2.12. The van der Waals surface area contributed by atoms with Crippen LogP contribution in [-0.2, 0) is 0 Å². The van der Waals surface area contributed by atoms with E-state index in [0.29, 0.717) is 0 Å². The van der Waals surface area contributed by atoms with Gasteiger partial charge in [0.15, 0.2) is 0 Å². The third-order valence-corrected chi connectivity index (χ3v) is 2.33. The van der Waals surface area contributed by atoms with Gasteiger partial charge in [0.25, 0.3) is 0 Å². The van der Waals surface area contributed by atoms with Crippen LogP contribution >= 0.6 is 12.2 Å². The lowest BCUT2D eigenvalue weighted by Crippen LogP contribution is -2.02. The SMILES string of the molecule is C=C1C=CC(=S)c2ccccc21. The zero-order valence-corrected chi connectivity index (χ0v) is 7.40. The fourth-order valence-corrected chi connectivity index (χ4v) is 1.58. The summed E-state index contributed by atoms with van der Waals surface area (Å²) in [6.45, 7) is 3.94. The van der Waals surface area contributed by atoms with Crippen molar-refractivity contribution in [1.29, 1.82) is 0 Å². The van der Waals surface area contributed by atoms with Crippen LogP contribution in [0.2, 0.25) is 0 Å². The van der Waals surface area contributed by atoms with Crippen molar-refractivity contribution in [2.45, 2.75) is 0 Å². The summed E-state index contributed by atoms with van der Waals surface area (Å²) in [5.74, 6) is 0. The maximum Gasteiger partial charge on any atom is 0.0455 e. The number of allylic oxidation sites excluding steroid dienone is 3. The van der Waals surface area contributed by atoms with E-state index in [0.717, 1.165) is 21.6 Å². The van der Waals surface area contributed by atoms with Crippen LogP contribution < -0.4 is 0 Å². The largest absolute Gasteiger partial charge is 0.0911 e. The highest BCUT2D eigenvalue weighted by molar-refractivity contribution is 7.81. The maximum atomic E-state index is 5.19. The minimum atomic E-state index is 0.901. The average molecular weight is 172 g/mol. The van der Waals surface area contributed by atoms with Crippen molar-refractivity contribution < 1.29 is 0 Å². The Morgan fingerprint density at radius 3 is 2.33 bits per heavy atom. The summed E-state index contributed by atoms with van der Waals surface area (Å²) in [6, 6.07) is 8.09. The molecule has 1 aliphatic rings. The zero-order chi connectivity index (χ0) is 8.55. The van der Waals surface area contributed by atoms with E-state index >= 15 is 0 Å². The molecule has 1 aliphatic carbocycles. The Morgan fingerprint density at radius 1 is 1.00 bits per heavy atom. The fourth-order valence-electron chi connectivity index (χ4n) is 1.33. The molecule has 2 rings (SSSR count). The Labute approximate surface area is 77.2 Å². The second-order valence-electron chi connectivity index (χ2n) is 2.77. The van der Waals surface area contributed by atoms with Crippen LogP contribution in [0.1, 0.15) is 11.1 Å². The quantitative estimate of drug-likeness (QED) is 0.542. The number of benzene rings is 1. The van der Waals surface area contributed by atoms with Crippen LogP contribution in [0.5, 0.6) is 0 Å². The standard InChI is InChI=1S/C11H8S/c1-8-6-7-11(12)10-5-3-2-4-9(8)10/h2-7H,1H2. The summed E-state index contributed by atoms with van der Waals surface area (Å²) >= 11 is 5.19. The molecule has 0 aliphatic heterocycles. The molecule has 0 amide bonds. The van der Waals surface area contributed by atoms with Gasteiger partial charge in [0.1, 0.15) is 0 Å². The van der Waals surface area contributed by atoms with Gasteiger partial charge in [-0.1, -0.05) is 49.1 Å². The lowest BCUT2D eigenvalue weighted by molar-refractivity contribution is 1.58. The minimum Gasteiger partial charge on any atom is -0.0911 e. The molecule has 0 heterocycles. The molecule has 0 atom stereocenters. The number of fused-ring (bicyclic) bond motifs is 1. The van der Waals surface area contributed by atoms with Crippen molar-refractivity contribution in [2.75, 3.05) is 0 Å². The van der Waals surface area contributed by atoms with Gasteiger partial charge in [0, 0.05) is 10.4 Å². The smallest absolute Gasteiger partial charge is 0.0455 e. The number of hydrogen-bond donors (Lipinski definition) is 0. The molecule has 0 unspecified atom stereocenters. The lowest BCUT2D eigenvalue weighted by atomic mass is 9.94. The Bertz CT molecular complexity index is 349. The van der Waals surface area contributed by atoms with Gasteiger partial charge in [-0.15, -0.1) is 0 Å². The first kappa shape index (κ1) is 7.44. The molecule has 1 aromatic rings. The summed E-state index contributed by atoms with van der Waals surface area (Å²) in [6.07, 6.45) is 3.89. The van der Waals surface area contributed by atoms with E-state index in [2.05, 4.69) is 6.58 Å². The van der Waals surface area contributed by atoms with Gasteiger partial charge in [-0.25, -0.2) is 0 Å². The predicted molar refractivity (Wildman–Crippen MR) is 56.3 cm³/mol. The van der Waals surface area contributed by atoms with E-state index in [1.807, 2.05) is 36.4 Å². The molecular weight excluding hydrogens is 164 g/mol. The number of thiocarbonyl (C=S) groups is 1. The highest BCUT2D eigenvalue weighted by atomic mass is 32.1. The summed E-state index contributed by atoms with van der Waals surface area (Å²) in [4.78, 5) is 0.901. The third kappa shape index (κ3) is 1.03. The summed E-state index contributed by atoms with van der Waals surface area (Å²) < 4.78 is 0. The number of rotatable bonds is 0. The number of hydrogen-bond acceptors (Lipinski definition) is 1. The summed E-state index contributed by atoms with van der Waals surface area (Å²) in [5.41, 5.74) is 3.32. The molecule has 0 nitrogen and oxygen atoms in total. The highest BCUT2D eigenvalue weighted by Gasteiger charge is 2.10. The van der Waals surface area contributed by atoms with Crippen molar-refractivity contribution >= 4 is 22.7 Å². The van der Waals surface area contributed by atoms with E-state index in [-0.39, 0.29) is 0 Å². The van der Waals surface area contributed by atoms with Crippen molar-refractivity contribution in [3.05, 3.63) is 54.1 Å². The second-order valence-corrected chi connectivity index (χ2v) is 3.21. The fraction of sp³-hybridized carbons (Fsp3) is 0. The molecule has 0 N–H and O–H groups in total. The van der Waals surface area contributed by atoms with Crippen molar-refractivity contribution in [3.63, 3.8) is 0 Å². The van der Waals surface area contributed by atoms with Gasteiger partial charge in [0.2, 0.25) is 0 Å². The molecule has 0 saturated carbocycles. The molecule has 0 spiro atoms. The topological polar surface area (TPSA) is 0 Å². The van der Waals surface area contributed by atoms with Gasteiger partial charge in [0.05, 0.1) is 0 Å². The van der Waals surface area contributed by atoms with Gasteiger partial charge >= 0.3 is 0 Å². The van der Waals surface area contributed by atoms with E-state index in [9.17, 15) is 0 Å². The van der Waals surface area contributed by atoms with Crippen molar-refractivity contribution in [2.24, 2.45) is 0 Å². The normalized spacial score (nSPS) is 14.7. The van der Waals surface area contributed by atoms with Crippen molar-refractivity contribution in [1.82, 2.24) is 0 Å². The maximum absolute atomic E-state index is 5.19. The van der Waals surface area contributed by atoms with Gasteiger partial charge in [-0.05, 0) is 17.2 Å². The monoisotopic (exact) mass is 172 g/mol. The van der Waals surface area contributed by atoms with Crippen LogP contribution in [0.4, 0.5) is 0 Å². The second kappa shape index (κ2) is 2.68. The summed E-state index contributed by atoms with van der Waals surface area (Å²) in [5, 5.41) is 0. The van der Waals surface area contributed by atoms with Crippen LogP contribution in [0.25, 0.3) is 5.57 Å². The van der Waals surface area contributed by atoms with Crippen LogP contribution in [0.15, 0.2) is 43.0 Å². The first-order chi connectivity index (χ1) is 5.79. The molecule has 0 radical (unpaired) electrons. The molecule has 0 fully saturated rings. The van der Waals surface area contributed by atoms with Crippen LogP contribution in [0.3, 0.4) is 0 Å². The van der Waals surface area contributed by atoms with Gasteiger partial charge in [-0.2, -0.15) is 0 Å². The average Bonchev–Trinajstić information content (AvgIpc) is 2.12. The third-order valence-electron chi connectivity index (χ3n) is 1.97. The highest BCUT2D eigenvalue weighted by Crippen LogP contribution is 2.24. The van der Waals surface area contributed by atoms with E-state index in [1.54, 1.807) is 0 Å². The Morgan fingerprint density at radius 2 is 1.67 bits per heavy atom. The van der Waals surface area contributed by atoms with E-state index < -0.39 is 0 Å². The molecule has 0 saturated heterocycles. The van der Waals surface area contributed by atoms with E-state index in [4.69, 9.17) is 12.2 Å². The van der Waals surface area contributed by atoms with E-state index in [1.165, 1.54) is 0 Å². The Balaban J connectivity index is 2.69. The molecule has 12 heavy (non-hydrogen) atoms. The predicted octanol–water partition coefficient (Wildman–Crippen LogP) is 2.99. The Hall–Kier alpha value is -1.21. The minimum absolute atomic E-state index is 0.901. The van der Waals surface area contributed by atoms with Crippen molar-refractivity contribution in [3.8, 4) is 0 Å². The molecule has 0 aromatic heterocycles. The first-order valence-corrected chi connectivity index (χ1v) is 4.20. The zero-order valence-electron chi connectivity index (χ0n) is 6.58. The molecule has 1 heteroatoms. The van der Waals surface area contributed by atoms with Crippen LogP contribution in [0, 0.1) is 0 Å². The molecule has 1 aromatic carbocycles. The van der Waals surface area contributed by atoms with Gasteiger partial charge in [-0.3, -0.25) is 0 Å². The molecule has 0 bridgehead atoms. The van der Waals surface area contributed by atoms with Gasteiger partial charge < -0.3 is 0 Å². The summed E-state index contributed by atoms with van der Waals surface area (Å²) in [7, 11) is 0. The van der Waals surface area contributed by atoms with Crippen LogP contribution in [-0.4, -0.2) is 4.86 Å². The molecule has 58 valence electrons. The Kier molecular flexibility index (Phi) is 1.66. The first-order valence-electron chi connectivity index (χ1n) is 3.80.